The van der Waals surface area contributed by atoms with E-state index >= 15 is 0 Å². The zero-order chi connectivity index (χ0) is 19.0. The molecule has 2 fully saturated rings. The third-order valence-corrected chi connectivity index (χ3v) is 6.24. The molecule has 0 radical (unpaired) electrons. The van der Waals surface area contributed by atoms with Crippen LogP contribution in [0.15, 0.2) is 18.3 Å². The predicted molar refractivity (Wildman–Crippen MR) is 97.5 cm³/mol. The average molecular weight is 370 g/mol. The van der Waals surface area contributed by atoms with Gasteiger partial charge in [-0.1, -0.05) is 32.9 Å². The first-order valence-electron chi connectivity index (χ1n) is 9.73. The van der Waals surface area contributed by atoms with Crippen LogP contribution in [-0.2, 0) is 27.3 Å². The van der Waals surface area contributed by atoms with Gasteiger partial charge in [0.2, 0.25) is 11.8 Å². The number of H-pyrrole nitrogens is 1. The van der Waals surface area contributed by atoms with Gasteiger partial charge in [0.1, 0.15) is 5.60 Å². The molecule has 2 saturated heterocycles. The van der Waals surface area contributed by atoms with Crippen molar-refractivity contribution in [2.45, 2.75) is 45.4 Å². The number of fused-ring (bicyclic) bond motifs is 2. The first kappa shape index (κ1) is 17.0. The van der Waals surface area contributed by atoms with Crippen molar-refractivity contribution >= 4 is 11.8 Å². The lowest BCUT2D eigenvalue weighted by molar-refractivity contribution is -0.144. The van der Waals surface area contributed by atoms with Crippen molar-refractivity contribution < 1.29 is 14.3 Å². The number of carbonyl (C=O) groups is 2. The molecule has 0 aliphatic carbocycles. The smallest absolute Gasteiger partial charge is 0.230 e. The number of amides is 2. The van der Waals surface area contributed by atoms with E-state index in [0.29, 0.717) is 26.2 Å². The van der Waals surface area contributed by atoms with Crippen LogP contribution >= 0.6 is 0 Å². The highest BCUT2D eigenvalue weighted by atomic mass is 16.5. The molecule has 5 heterocycles. The van der Waals surface area contributed by atoms with Gasteiger partial charge in [-0.3, -0.25) is 14.7 Å². The highest BCUT2D eigenvalue weighted by Crippen LogP contribution is 2.52. The first-order chi connectivity index (χ1) is 12.8. The number of nitrogens with zero attached hydrogens (tertiary/aromatic N) is 3. The van der Waals surface area contributed by atoms with Gasteiger partial charge in [0.25, 0.3) is 0 Å². The Bertz CT molecular complexity index is 839. The molecular weight excluding hydrogens is 344 g/mol. The van der Waals surface area contributed by atoms with Crippen LogP contribution in [0.1, 0.15) is 32.0 Å². The highest BCUT2D eigenvalue weighted by molar-refractivity contribution is 5.93. The Hall–Kier alpha value is -2.15. The van der Waals surface area contributed by atoms with Crippen LogP contribution in [0.4, 0.5) is 0 Å². The fourth-order valence-corrected chi connectivity index (χ4v) is 5.19. The van der Waals surface area contributed by atoms with Crippen molar-refractivity contribution in [3.05, 3.63) is 29.6 Å². The summed E-state index contributed by atoms with van der Waals surface area (Å²) in [5.74, 6) is -0.709. The summed E-state index contributed by atoms with van der Waals surface area (Å²) in [6, 6.07) is 0. The van der Waals surface area contributed by atoms with Crippen LogP contribution in [0.25, 0.3) is 0 Å². The van der Waals surface area contributed by atoms with E-state index in [2.05, 4.69) is 31.0 Å². The lowest BCUT2D eigenvalue weighted by Crippen LogP contribution is -2.47. The minimum atomic E-state index is -0.621. The van der Waals surface area contributed by atoms with Crippen LogP contribution in [0.3, 0.4) is 0 Å². The van der Waals surface area contributed by atoms with E-state index in [1.807, 2.05) is 22.0 Å². The van der Waals surface area contributed by atoms with Crippen molar-refractivity contribution in [2.24, 2.45) is 17.3 Å². The molecule has 2 amide bonds. The fourth-order valence-electron chi connectivity index (χ4n) is 5.19. The minimum Gasteiger partial charge on any atom is -0.360 e. The Balaban J connectivity index is 1.40. The van der Waals surface area contributed by atoms with Gasteiger partial charge in [-0.05, 0) is 5.41 Å². The SMILES string of the molecule is CC(C)(C)CN1C[C@]23C=C[C@H](O2)[C@@H](C(=O)N2CCc4[nH]ncc4C2)[C@H]3C1=O. The quantitative estimate of drug-likeness (QED) is 0.792. The van der Waals surface area contributed by atoms with E-state index in [1.165, 1.54) is 0 Å². The zero-order valence-corrected chi connectivity index (χ0v) is 16.1. The molecule has 4 aliphatic rings. The van der Waals surface area contributed by atoms with Crippen LogP contribution in [0.5, 0.6) is 0 Å². The van der Waals surface area contributed by atoms with Gasteiger partial charge in [0, 0.05) is 37.3 Å². The molecule has 144 valence electrons. The van der Waals surface area contributed by atoms with Gasteiger partial charge in [0.15, 0.2) is 0 Å². The van der Waals surface area contributed by atoms with E-state index in [-0.39, 0.29) is 23.3 Å². The van der Waals surface area contributed by atoms with E-state index in [0.717, 1.165) is 17.7 Å². The first-order valence-corrected chi connectivity index (χ1v) is 9.73. The molecular formula is C20H26N4O3. The van der Waals surface area contributed by atoms with Crippen LogP contribution in [0, 0.1) is 17.3 Å². The summed E-state index contributed by atoms with van der Waals surface area (Å²) in [6.07, 6.45) is 6.29. The molecule has 7 nitrogen and oxygen atoms in total. The molecule has 1 aromatic heterocycles. The lowest BCUT2D eigenvalue weighted by Gasteiger charge is -2.32. The van der Waals surface area contributed by atoms with Crippen molar-refractivity contribution in [3.8, 4) is 0 Å². The molecule has 0 unspecified atom stereocenters. The van der Waals surface area contributed by atoms with Gasteiger partial charge in [-0.15, -0.1) is 0 Å². The number of hydrogen-bond donors (Lipinski definition) is 1. The van der Waals surface area contributed by atoms with E-state index in [4.69, 9.17) is 4.74 Å². The van der Waals surface area contributed by atoms with E-state index < -0.39 is 17.4 Å². The molecule has 1 spiro atoms. The predicted octanol–water partition coefficient (Wildman–Crippen LogP) is 1.12. The Morgan fingerprint density at radius 2 is 2.26 bits per heavy atom. The van der Waals surface area contributed by atoms with Crippen molar-refractivity contribution in [2.75, 3.05) is 19.6 Å². The van der Waals surface area contributed by atoms with Crippen LogP contribution < -0.4 is 0 Å². The molecule has 7 heteroatoms. The second-order valence-corrected chi connectivity index (χ2v) is 9.54. The lowest BCUT2D eigenvalue weighted by atomic mass is 9.76. The van der Waals surface area contributed by atoms with Crippen molar-refractivity contribution in [3.63, 3.8) is 0 Å². The number of aromatic nitrogens is 2. The zero-order valence-electron chi connectivity index (χ0n) is 16.1. The number of nitrogens with one attached hydrogen (secondary N) is 1. The third kappa shape index (κ3) is 2.47. The topological polar surface area (TPSA) is 78.5 Å². The summed E-state index contributed by atoms with van der Waals surface area (Å²) < 4.78 is 6.24. The largest absolute Gasteiger partial charge is 0.360 e. The Kier molecular flexibility index (Phi) is 3.42. The number of ether oxygens (including phenoxy) is 1. The van der Waals surface area contributed by atoms with Gasteiger partial charge in [-0.2, -0.15) is 5.10 Å². The highest BCUT2D eigenvalue weighted by Gasteiger charge is 2.67. The molecule has 4 aliphatic heterocycles. The average Bonchev–Trinajstić information content (AvgIpc) is 3.33. The van der Waals surface area contributed by atoms with Crippen LogP contribution in [-0.4, -0.2) is 63.2 Å². The summed E-state index contributed by atoms with van der Waals surface area (Å²) in [7, 11) is 0. The van der Waals surface area contributed by atoms with E-state index in [9.17, 15) is 9.59 Å². The summed E-state index contributed by atoms with van der Waals surface area (Å²) in [5.41, 5.74) is 1.56. The maximum atomic E-state index is 13.4. The number of aromatic amines is 1. The second-order valence-electron chi connectivity index (χ2n) is 9.54. The number of carbonyl (C=O) groups excluding carboxylic acids is 2. The number of hydrogen-bond acceptors (Lipinski definition) is 4. The standard InChI is InChI=1S/C20H26N4O3/c1-19(2,3)10-24-11-20-6-4-14(27-20)15(16(20)18(24)26)17(25)23-7-5-13-12(9-23)8-21-22-13/h4,6,8,14-16H,5,7,9-11H2,1-3H3,(H,21,22)/t14-,15+,16-,20-/m0/s1. The van der Waals surface area contributed by atoms with Gasteiger partial charge >= 0.3 is 0 Å². The monoisotopic (exact) mass is 370 g/mol. The molecule has 5 rings (SSSR count). The van der Waals surface area contributed by atoms with E-state index in [1.54, 1.807) is 6.20 Å². The maximum absolute atomic E-state index is 13.4. The minimum absolute atomic E-state index is 0.0106. The van der Waals surface area contributed by atoms with Crippen molar-refractivity contribution in [1.29, 1.82) is 0 Å². The Morgan fingerprint density at radius 1 is 1.44 bits per heavy atom. The summed E-state index contributed by atoms with van der Waals surface area (Å²) in [4.78, 5) is 30.4. The number of likely N-dealkylation sites (tertiary alicyclic amines) is 1. The maximum Gasteiger partial charge on any atom is 0.230 e. The molecule has 0 saturated carbocycles. The van der Waals surface area contributed by atoms with Gasteiger partial charge in [-0.25, -0.2) is 0 Å². The molecule has 4 atom stereocenters. The second kappa shape index (κ2) is 5.44. The summed E-state index contributed by atoms with van der Waals surface area (Å²) in [6.45, 7) is 8.81. The summed E-state index contributed by atoms with van der Waals surface area (Å²) in [5, 5.41) is 7.08. The number of rotatable bonds is 2. The fraction of sp³-hybridized carbons (Fsp3) is 0.650. The van der Waals surface area contributed by atoms with Gasteiger partial charge in [0.05, 0.1) is 30.7 Å². The molecule has 27 heavy (non-hydrogen) atoms. The molecule has 1 aromatic rings. The normalized spacial score (nSPS) is 34.3. The van der Waals surface area contributed by atoms with Gasteiger partial charge < -0.3 is 14.5 Å². The Morgan fingerprint density at radius 3 is 3.04 bits per heavy atom. The summed E-state index contributed by atoms with van der Waals surface area (Å²) >= 11 is 0. The third-order valence-electron chi connectivity index (χ3n) is 6.24. The molecule has 1 N–H and O–H groups in total. The Labute approximate surface area is 158 Å². The molecule has 2 bridgehead atoms. The molecule has 0 aromatic carbocycles. The van der Waals surface area contributed by atoms with Crippen LogP contribution in [0.2, 0.25) is 0 Å². The van der Waals surface area contributed by atoms with Crippen molar-refractivity contribution in [1.82, 2.24) is 20.0 Å².